The van der Waals surface area contributed by atoms with Crippen LogP contribution in [0.2, 0.25) is 0 Å². The van der Waals surface area contributed by atoms with Gasteiger partial charge in [0.2, 0.25) is 0 Å². The largest absolute Gasteiger partial charge is 0.378 e. The zero-order valence-corrected chi connectivity index (χ0v) is 15.5. The van der Waals surface area contributed by atoms with Gasteiger partial charge in [-0.2, -0.15) is 0 Å². The molecule has 0 atom stereocenters. The lowest BCUT2D eigenvalue weighted by Crippen LogP contribution is -2.23. The molecule has 0 aliphatic carbocycles. The van der Waals surface area contributed by atoms with Crippen LogP contribution in [0.25, 0.3) is 9.88 Å². The molecule has 0 unspecified atom stereocenters. The molecule has 1 aromatic carbocycles. The summed E-state index contributed by atoms with van der Waals surface area (Å²) in [4.78, 5) is 21.1. The lowest BCUT2D eigenvalue weighted by Gasteiger charge is -2.12. The van der Waals surface area contributed by atoms with Crippen molar-refractivity contribution in [2.75, 3.05) is 19.0 Å². The lowest BCUT2D eigenvalue weighted by atomic mass is 10.2. The molecule has 0 fully saturated rings. The van der Waals surface area contributed by atoms with Gasteiger partial charge in [-0.3, -0.25) is 4.79 Å². The summed E-state index contributed by atoms with van der Waals surface area (Å²) >= 11 is 3.20. The minimum Gasteiger partial charge on any atom is -0.378 e. The van der Waals surface area contributed by atoms with Crippen molar-refractivity contribution >= 4 is 34.3 Å². The van der Waals surface area contributed by atoms with Gasteiger partial charge in [0.15, 0.2) is 0 Å². The van der Waals surface area contributed by atoms with Crippen molar-refractivity contribution < 1.29 is 4.79 Å². The first-order chi connectivity index (χ1) is 11.5. The summed E-state index contributed by atoms with van der Waals surface area (Å²) in [5, 5.41) is 5.64. The van der Waals surface area contributed by atoms with Gasteiger partial charge in [0.1, 0.15) is 10.7 Å². The number of hydrogen-bond donors (Lipinski definition) is 1. The SMILES string of the molecule is Cc1ccc(-c2nc(C(=O)NCc3ccc(N(C)C)cc3)cs2)s1. The van der Waals surface area contributed by atoms with Gasteiger partial charge in [-0.15, -0.1) is 22.7 Å². The predicted octanol–water partition coefficient (Wildman–Crippen LogP) is 4.18. The summed E-state index contributed by atoms with van der Waals surface area (Å²) in [5.41, 5.74) is 2.68. The first-order valence-electron chi connectivity index (χ1n) is 7.60. The van der Waals surface area contributed by atoms with Crippen LogP contribution in [0.3, 0.4) is 0 Å². The van der Waals surface area contributed by atoms with Gasteiger partial charge < -0.3 is 10.2 Å². The maximum Gasteiger partial charge on any atom is 0.271 e. The van der Waals surface area contributed by atoms with Crippen molar-refractivity contribution in [3.8, 4) is 9.88 Å². The quantitative estimate of drug-likeness (QED) is 0.745. The van der Waals surface area contributed by atoms with Gasteiger partial charge in [0.05, 0.1) is 4.88 Å². The minimum atomic E-state index is -0.137. The number of rotatable bonds is 5. The number of nitrogens with zero attached hydrogens (tertiary/aromatic N) is 2. The van der Waals surface area contributed by atoms with Crippen LogP contribution in [0.1, 0.15) is 20.9 Å². The second-order valence-corrected chi connectivity index (χ2v) is 7.84. The molecular formula is C18H19N3OS2. The molecule has 1 N–H and O–H groups in total. The van der Waals surface area contributed by atoms with Crippen molar-refractivity contribution in [2.45, 2.75) is 13.5 Å². The molecule has 0 bridgehead atoms. The van der Waals surface area contributed by atoms with Crippen molar-refractivity contribution in [3.63, 3.8) is 0 Å². The van der Waals surface area contributed by atoms with Crippen LogP contribution in [0.4, 0.5) is 5.69 Å². The Kier molecular flexibility index (Phi) is 4.97. The molecule has 124 valence electrons. The zero-order valence-electron chi connectivity index (χ0n) is 13.9. The summed E-state index contributed by atoms with van der Waals surface area (Å²) in [7, 11) is 4.01. The molecule has 0 aliphatic rings. The fourth-order valence-corrected chi connectivity index (χ4v) is 3.97. The van der Waals surface area contributed by atoms with E-state index in [9.17, 15) is 4.79 Å². The van der Waals surface area contributed by atoms with Crippen LogP contribution in [-0.2, 0) is 6.54 Å². The van der Waals surface area contributed by atoms with E-state index in [0.29, 0.717) is 12.2 Å². The van der Waals surface area contributed by atoms with Crippen molar-refractivity contribution in [1.29, 1.82) is 0 Å². The predicted molar refractivity (Wildman–Crippen MR) is 102 cm³/mol. The van der Waals surface area contributed by atoms with E-state index in [0.717, 1.165) is 21.1 Å². The van der Waals surface area contributed by atoms with Crippen LogP contribution in [0.15, 0.2) is 41.8 Å². The minimum absolute atomic E-state index is 0.137. The van der Waals surface area contributed by atoms with Crippen LogP contribution in [-0.4, -0.2) is 25.0 Å². The monoisotopic (exact) mass is 357 g/mol. The van der Waals surface area contributed by atoms with Gasteiger partial charge in [-0.25, -0.2) is 4.98 Å². The zero-order chi connectivity index (χ0) is 17.1. The van der Waals surface area contributed by atoms with Crippen molar-refractivity contribution in [2.24, 2.45) is 0 Å². The molecule has 1 amide bonds. The number of hydrogen-bond acceptors (Lipinski definition) is 5. The molecule has 2 aromatic heterocycles. The average molecular weight is 358 g/mol. The van der Waals surface area contributed by atoms with E-state index in [1.165, 1.54) is 16.2 Å². The molecule has 3 rings (SSSR count). The number of amides is 1. The summed E-state index contributed by atoms with van der Waals surface area (Å²) in [6.07, 6.45) is 0. The number of thiophene rings is 1. The Hall–Kier alpha value is -2.18. The molecule has 0 spiro atoms. The van der Waals surface area contributed by atoms with E-state index in [1.54, 1.807) is 11.3 Å². The first kappa shape index (κ1) is 16.7. The number of anilines is 1. The molecule has 0 radical (unpaired) electrons. The number of aromatic nitrogens is 1. The summed E-state index contributed by atoms with van der Waals surface area (Å²) < 4.78 is 0. The van der Waals surface area contributed by atoms with Crippen LogP contribution in [0.5, 0.6) is 0 Å². The maximum atomic E-state index is 12.3. The number of carbonyl (C=O) groups excluding carboxylic acids is 1. The topological polar surface area (TPSA) is 45.2 Å². The molecule has 6 heteroatoms. The molecule has 0 saturated carbocycles. The van der Waals surface area contributed by atoms with Crippen molar-refractivity contribution in [1.82, 2.24) is 10.3 Å². The molecule has 4 nitrogen and oxygen atoms in total. The number of nitrogens with one attached hydrogen (secondary N) is 1. The van der Waals surface area contributed by atoms with E-state index < -0.39 is 0 Å². The van der Waals surface area contributed by atoms with E-state index in [4.69, 9.17) is 0 Å². The van der Waals surface area contributed by atoms with Gasteiger partial charge >= 0.3 is 0 Å². The highest BCUT2D eigenvalue weighted by Gasteiger charge is 2.12. The number of aryl methyl sites for hydroxylation is 1. The first-order valence-corrected chi connectivity index (χ1v) is 9.29. The highest BCUT2D eigenvalue weighted by molar-refractivity contribution is 7.21. The van der Waals surface area contributed by atoms with Gasteiger partial charge in [-0.1, -0.05) is 12.1 Å². The smallest absolute Gasteiger partial charge is 0.271 e. The average Bonchev–Trinajstić information content (AvgIpc) is 3.22. The number of carbonyl (C=O) groups is 1. The normalized spacial score (nSPS) is 10.6. The van der Waals surface area contributed by atoms with Crippen LogP contribution in [0, 0.1) is 6.92 Å². The Morgan fingerprint density at radius 2 is 1.92 bits per heavy atom. The highest BCUT2D eigenvalue weighted by atomic mass is 32.1. The summed E-state index contributed by atoms with van der Waals surface area (Å²) in [6.45, 7) is 2.56. The maximum absolute atomic E-state index is 12.3. The standard InChI is InChI=1S/C18H19N3OS2/c1-12-4-9-16(24-12)18-20-15(11-23-18)17(22)19-10-13-5-7-14(8-6-13)21(2)3/h4-9,11H,10H2,1-3H3,(H,19,22). The summed E-state index contributed by atoms with van der Waals surface area (Å²) in [5.74, 6) is -0.137. The van der Waals surface area contributed by atoms with E-state index in [2.05, 4.69) is 23.3 Å². The third kappa shape index (κ3) is 3.83. The van der Waals surface area contributed by atoms with Gasteiger partial charge in [0, 0.05) is 36.6 Å². The van der Waals surface area contributed by atoms with E-state index in [-0.39, 0.29) is 5.91 Å². The Bertz CT molecular complexity index is 834. The van der Waals surface area contributed by atoms with Gasteiger partial charge in [0.25, 0.3) is 5.91 Å². The third-order valence-electron chi connectivity index (χ3n) is 3.59. The molecule has 2 heterocycles. The molecule has 0 saturated heterocycles. The van der Waals surface area contributed by atoms with Crippen molar-refractivity contribution in [3.05, 3.63) is 57.9 Å². The Morgan fingerprint density at radius 1 is 1.17 bits per heavy atom. The number of benzene rings is 1. The number of thiazole rings is 1. The van der Waals surface area contributed by atoms with Crippen LogP contribution < -0.4 is 10.2 Å². The Balaban J connectivity index is 1.62. The second-order valence-electron chi connectivity index (χ2n) is 5.69. The second kappa shape index (κ2) is 7.15. The van der Waals surface area contributed by atoms with Gasteiger partial charge in [-0.05, 0) is 36.8 Å². The van der Waals surface area contributed by atoms with Crippen LogP contribution >= 0.6 is 22.7 Å². The Labute approximate surface area is 149 Å². The molecular weight excluding hydrogens is 338 g/mol. The summed E-state index contributed by atoms with van der Waals surface area (Å²) in [6, 6.07) is 12.3. The third-order valence-corrected chi connectivity index (χ3v) is 5.61. The highest BCUT2D eigenvalue weighted by Crippen LogP contribution is 2.30. The lowest BCUT2D eigenvalue weighted by molar-refractivity contribution is 0.0946. The fourth-order valence-electron chi connectivity index (χ4n) is 2.23. The Morgan fingerprint density at radius 3 is 2.54 bits per heavy atom. The molecule has 24 heavy (non-hydrogen) atoms. The van der Waals surface area contributed by atoms with E-state index >= 15 is 0 Å². The molecule has 0 aliphatic heterocycles. The fraction of sp³-hybridized carbons (Fsp3) is 0.222. The molecule has 3 aromatic rings. The van der Waals surface area contributed by atoms with E-state index in [1.807, 2.05) is 54.7 Å².